The zero-order chi connectivity index (χ0) is 13.1. The van der Waals surface area contributed by atoms with Crippen molar-refractivity contribution in [2.75, 3.05) is 0 Å². The van der Waals surface area contributed by atoms with Gasteiger partial charge in [0.05, 0.1) is 4.92 Å². The largest absolute Gasteiger partial charge is 0.450 e. The maximum atomic E-state index is 10.9. The van der Waals surface area contributed by atoms with Crippen molar-refractivity contribution in [2.45, 2.75) is 0 Å². The number of nitro benzene ring substituents is 1. The quantitative estimate of drug-likeness (QED) is 0.481. The van der Waals surface area contributed by atoms with Gasteiger partial charge in [-0.05, 0) is 18.2 Å². The van der Waals surface area contributed by atoms with Crippen molar-refractivity contribution in [2.24, 2.45) is 0 Å². The van der Waals surface area contributed by atoms with E-state index in [0.717, 1.165) is 0 Å². The Morgan fingerprint density at radius 2 is 2.11 bits per heavy atom. The Hall–Kier alpha value is -1.66. The van der Waals surface area contributed by atoms with Gasteiger partial charge in [0.2, 0.25) is 5.75 Å². The number of halogens is 2. The SMILES string of the molecule is O=[N+]([O-])c1cc(Br)ccc1Oc1ccnc(Cl)c1. The molecule has 92 valence electrons. The molecular weight excluding hydrogens is 323 g/mol. The topological polar surface area (TPSA) is 65.3 Å². The van der Waals surface area contributed by atoms with E-state index < -0.39 is 4.92 Å². The fourth-order valence-electron chi connectivity index (χ4n) is 1.29. The summed E-state index contributed by atoms with van der Waals surface area (Å²) in [6, 6.07) is 7.59. The summed E-state index contributed by atoms with van der Waals surface area (Å²) < 4.78 is 6.03. The maximum Gasteiger partial charge on any atom is 0.312 e. The molecule has 0 aliphatic carbocycles. The fourth-order valence-corrected chi connectivity index (χ4v) is 1.81. The molecular formula is C11H6BrClN2O3. The summed E-state index contributed by atoms with van der Waals surface area (Å²) >= 11 is 8.88. The first-order valence-corrected chi connectivity index (χ1v) is 5.97. The van der Waals surface area contributed by atoms with E-state index in [2.05, 4.69) is 20.9 Å². The van der Waals surface area contributed by atoms with E-state index in [-0.39, 0.29) is 16.6 Å². The second-order valence-electron chi connectivity index (χ2n) is 3.29. The van der Waals surface area contributed by atoms with Crippen LogP contribution in [0.1, 0.15) is 0 Å². The Bertz CT molecular complexity index is 607. The monoisotopic (exact) mass is 328 g/mol. The first-order chi connectivity index (χ1) is 8.56. The third-order valence-electron chi connectivity index (χ3n) is 2.04. The highest BCUT2D eigenvalue weighted by Crippen LogP contribution is 2.33. The Morgan fingerprint density at radius 3 is 2.78 bits per heavy atom. The lowest BCUT2D eigenvalue weighted by Crippen LogP contribution is -1.93. The first kappa shape index (κ1) is 12.8. The zero-order valence-corrected chi connectivity index (χ0v) is 11.2. The molecule has 0 aliphatic heterocycles. The lowest BCUT2D eigenvalue weighted by molar-refractivity contribution is -0.385. The van der Waals surface area contributed by atoms with Crippen LogP contribution in [0, 0.1) is 10.1 Å². The Morgan fingerprint density at radius 1 is 1.33 bits per heavy atom. The van der Waals surface area contributed by atoms with Gasteiger partial charge >= 0.3 is 5.69 Å². The van der Waals surface area contributed by atoms with Gasteiger partial charge in [0.1, 0.15) is 10.9 Å². The minimum atomic E-state index is -0.511. The standard InChI is InChI=1S/C11H6BrClN2O3/c12-7-1-2-10(9(5-7)15(16)17)18-8-3-4-14-11(13)6-8/h1-6H. The highest BCUT2D eigenvalue weighted by atomic mass is 79.9. The maximum absolute atomic E-state index is 10.9. The summed E-state index contributed by atoms with van der Waals surface area (Å²) in [5.74, 6) is 0.533. The average Bonchev–Trinajstić information content (AvgIpc) is 2.31. The summed E-state index contributed by atoms with van der Waals surface area (Å²) in [5, 5.41) is 11.2. The second kappa shape index (κ2) is 5.32. The number of hydrogen-bond donors (Lipinski definition) is 0. The molecule has 18 heavy (non-hydrogen) atoms. The minimum absolute atomic E-state index is 0.127. The van der Waals surface area contributed by atoms with Crippen LogP contribution in [0.3, 0.4) is 0 Å². The van der Waals surface area contributed by atoms with E-state index in [1.165, 1.54) is 24.4 Å². The van der Waals surface area contributed by atoms with Crippen LogP contribution in [0.5, 0.6) is 11.5 Å². The van der Waals surface area contributed by atoms with Gasteiger partial charge in [-0.25, -0.2) is 4.98 Å². The highest BCUT2D eigenvalue weighted by Gasteiger charge is 2.16. The van der Waals surface area contributed by atoms with Crippen LogP contribution >= 0.6 is 27.5 Å². The predicted molar refractivity (Wildman–Crippen MR) is 70.1 cm³/mol. The Balaban J connectivity index is 2.37. The van der Waals surface area contributed by atoms with Crippen LogP contribution < -0.4 is 4.74 Å². The van der Waals surface area contributed by atoms with Gasteiger partial charge in [0.15, 0.2) is 0 Å². The van der Waals surface area contributed by atoms with Gasteiger partial charge in [0.25, 0.3) is 0 Å². The van der Waals surface area contributed by atoms with Gasteiger partial charge in [-0.1, -0.05) is 27.5 Å². The molecule has 0 saturated heterocycles. The third kappa shape index (κ3) is 2.96. The molecule has 0 spiro atoms. The molecule has 0 aliphatic rings. The molecule has 0 bridgehead atoms. The number of benzene rings is 1. The van der Waals surface area contributed by atoms with Crippen LogP contribution in [-0.2, 0) is 0 Å². The van der Waals surface area contributed by atoms with E-state index in [1.54, 1.807) is 12.1 Å². The van der Waals surface area contributed by atoms with Gasteiger partial charge in [-0.15, -0.1) is 0 Å². The minimum Gasteiger partial charge on any atom is -0.450 e. The molecule has 2 rings (SSSR count). The smallest absolute Gasteiger partial charge is 0.312 e. The molecule has 1 aromatic heterocycles. The molecule has 0 atom stereocenters. The zero-order valence-electron chi connectivity index (χ0n) is 8.84. The molecule has 0 saturated carbocycles. The lowest BCUT2D eigenvalue weighted by atomic mass is 10.3. The predicted octanol–water partition coefficient (Wildman–Crippen LogP) is 4.20. The number of hydrogen-bond acceptors (Lipinski definition) is 4. The van der Waals surface area contributed by atoms with Gasteiger partial charge < -0.3 is 4.74 Å². The van der Waals surface area contributed by atoms with Crippen LogP contribution in [-0.4, -0.2) is 9.91 Å². The summed E-state index contributed by atoms with van der Waals surface area (Å²) in [6.45, 7) is 0. The Kier molecular flexibility index (Phi) is 3.78. The van der Waals surface area contributed by atoms with E-state index in [9.17, 15) is 10.1 Å². The number of nitro groups is 1. The number of aromatic nitrogens is 1. The normalized spacial score (nSPS) is 10.1. The van der Waals surface area contributed by atoms with Gasteiger partial charge in [0, 0.05) is 22.8 Å². The summed E-state index contributed by atoms with van der Waals surface area (Å²) in [6.07, 6.45) is 1.46. The Labute approximate surface area is 116 Å². The molecule has 0 amide bonds. The van der Waals surface area contributed by atoms with E-state index in [0.29, 0.717) is 10.2 Å². The van der Waals surface area contributed by atoms with Crippen LogP contribution in [0.4, 0.5) is 5.69 Å². The molecule has 1 heterocycles. The van der Waals surface area contributed by atoms with Gasteiger partial charge in [-0.3, -0.25) is 10.1 Å². The van der Waals surface area contributed by atoms with Crippen molar-refractivity contribution in [3.05, 3.63) is 56.3 Å². The lowest BCUT2D eigenvalue weighted by Gasteiger charge is -2.06. The molecule has 5 nitrogen and oxygen atoms in total. The van der Waals surface area contributed by atoms with Crippen LogP contribution in [0.25, 0.3) is 0 Å². The summed E-state index contributed by atoms with van der Waals surface area (Å²) in [7, 11) is 0. The van der Waals surface area contributed by atoms with E-state index in [1.807, 2.05) is 0 Å². The highest BCUT2D eigenvalue weighted by molar-refractivity contribution is 9.10. The van der Waals surface area contributed by atoms with Crippen molar-refractivity contribution in [1.29, 1.82) is 0 Å². The molecule has 7 heteroatoms. The van der Waals surface area contributed by atoms with Crippen molar-refractivity contribution < 1.29 is 9.66 Å². The summed E-state index contributed by atoms with van der Waals surface area (Å²) in [4.78, 5) is 14.2. The van der Waals surface area contributed by atoms with Crippen molar-refractivity contribution in [3.63, 3.8) is 0 Å². The van der Waals surface area contributed by atoms with Crippen molar-refractivity contribution in [1.82, 2.24) is 4.98 Å². The number of pyridine rings is 1. The molecule has 2 aromatic rings. The van der Waals surface area contributed by atoms with Gasteiger partial charge in [-0.2, -0.15) is 0 Å². The third-order valence-corrected chi connectivity index (χ3v) is 2.74. The van der Waals surface area contributed by atoms with E-state index >= 15 is 0 Å². The fraction of sp³-hybridized carbons (Fsp3) is 0. The van der Waals surface area contributed by atoms with Crippen molar-refractivity contribution in [3.8, 4) is 11.5 Å². The number of rotatable bonds is 3. The molecule has 1 aromatic carbocycles. The first-order valence-electron chi connectivity index (χ1n) is 4.79. The molecule has 0 fully saturated rings. The molecule has 0 radical (unpaired) electrons. The van der Waals surface area contributed by atoms with Crippen molar-refractivity contribution >= 4 is 33.2 Å². The number of nitrogens with zero attached hydrogens (tertiary/aromatic N) is 2. The van der Waals surface area contributed by atoms with E-state index in [4.69, 9.17) is 16.3 Å². The molecule has 0 N–H and O–H groups in total. The summed E-state index contributed by atoms with van der Waals surface area (Å²) in [5.41, 5.74) is -0.127. The average molecular weight is 330 g/mol. The molecule has 0 unspecified atom stereocenters. The second-order valence-corrected chi connectivity index (χ2v) is 4.59. The van der Waals surface area contributed by atoms with Crippen LogP contribution in [0.2, 0.25) is 5.15 Å². The number of ether oxygens (including phenoxy) is 1. The van der Waals surface area contributed by atoms with Crippen LogP contribution in [0.15, 0.2) is 41.0 Å².